The first-order valence-electron chi connectivity index (χ1n) is 7.02. The Morgan fingerprint density at radius 2 is 1.76 bits per heavy atom. The molecule has 5 nitrogen and oxygen atoms in total. The third-order valence-corrected chi connectivity index (χ3v) is 3.89. The van der Waals surface area contributed by atoms with Crippen LogP contribution in [0.15, 0.2) is 18.5 Å². The Kier molecular flexibility index (Phi) is 5.08. The van der Waals surface area contributed by atoms with Crippen LogP contribution < -0.4 is 5.32 Å². The van der Waals surface area contributed by atoms with Gasteiger partial charge >= 0.3 is 0 Å². The van der Waals surface area contributed by atoms with Crippen LogP contribution in [-0.4, -0.2) is 26.5 Å². The normalized spacial score (nSPS) is 11.5. The summed E-state index contributed by atoms with van der Waals surface area (Å²) in [4.78, 5) is 17.8. The highest BCUT2D eigenvalue weighted by atomic mass is 127. The maximum absolute atomic E-state index is 4.70. The van der Waals surface area contributed by atoms with Crippen LogP contribution >= 0.6 is 22.6 Å². The van der Waals surface area contributed by atoms with Crippen LogP contribution in [-0.2, 0) is 5.41 Å². The van der Waals surface area contributed by atoms with Crippen molar-refractivity contribution in [2.45, 2.75) is 39.5 Å². The topological polar surface area (TPSA) is 63.6 Å². The molecule has 1 N–H and O–H groups in total. The van der Waals surface area contributed by atoms with Crippen molar-refractivity contribution in [1.82, 2.24) is 19.9 Å². The zero-order valence-electron chi connectivity index (χ0n) is 12.8. The highest BCUT2D eigenvalue weighted by Gasteiger charge is 2.24. The van der Waals surface area contributed by atoms with Gasteiger partial charge in [-0.25, -0.2) is 19.9 Å². The van der Waals surface area contributed by atoms with Crippen molar-refractivity contribution in [2.75, 3.05) is 11.9 Å². The fourth-order valence-electron chi connectivity index (χ4n) is 1.82. The Morgan fingerprint density at radius 3 is 2.33 bits per heavy atom. The number of aromatic nitrogens is 4. The van der Waals surface area contributed by atoms with E-state index in [1.54, 1.807) is 18.5 Å². The van der Waals surface area contributed by atoms with Gasteiger partial charge in [-0.2, -0.15) is 0 Å². The maximum atomic E-state index is 4.70. The molecule has 21 heavy (non-hydrogen) atoms. The summed E-state index contributed by atoms with van der Waals surface area (Å²) < 4.78 is 1.06. The second-order valence-electron chi connectivity index (χ2n) is 5.81. The first kappa shape index (κ1) is 16.1. The van der Waals surface area contributed by atoms with Crippen molar-refractivity contribution in [3.05, 3.63) is 27.7 Å². The monoisotopic (exact) mass is 397 g/mol. The SMILES string of the molecule is CCCNc1nc(-c2ncccn2)nc(C(C)(C)C)c1I. The second-order valence-corrected chi connectivity index (χ2v) is 6.89. The van der Waals surface area contributed by atoms with E-state index in [2.05, 4.69) is 70.6 Å². The predicted molar refractivity (Wildman–Crippen MR) is 93.3 cm³/mol. The van der Waals surface area contributed by atoms with Gasteiger partial charge in [0.15, 0.2) is 11.6 Å². The number of hydrogen-bond acceptors (Lipinski definition) is 5. The molecule has 0 radical (unpaired) electrons. The van der Waals surface area contributed by atoms with Gasteiger partial charge in [0, 0.05) is 24.4 Å². The van der Waals surface area contributed by atoms with Crippen molar-refractivity contribution in [2.24, 2.45) is 0 Å². The highest BCUT2D eigenvalue weighted by Crippen LogP contribution is 2.30. The molecule has 112 valence electrons. The Balaban J connectivity index is 2.56. The van der Waals surface area contributed by atoms with Crippen molar-refractivity contribution in [1.29, 1.82) is 0 Å². The highest BCUT2D eigenvalue weighted by molar-refractivity contribution is 14.1. The third-order valence-electron chi connectivity index (χ3n) is 2.87. The minimum absolute atomic E-state index is 0.0639. The molecule has 0 amide bonds. The lowest BCUT2D eigenvalue weighted by Crippen LogP contribution is -2.19. The molecule has 6 heteroatoms. The van der Waals surface area contributed by atoms with E-state index in [0.29, 0.717) is 11.6 Å². The van der Waals surface area contributed by atoms with Crippen LogP contribution in [0.2, 0.25) is 0 Å². The summed E-state index contributed by atoms with van der Waals surface area (Å²) >= 11 is 2.31. The summed E-state index contributed by atoms with van der Waals surface area (Å²) in [7, 11) is 0. The second kappa shape index (κ2) is 6.64. The molecule has 2 aromatic rings. The Hall–Kier alpha value is -1.31. The van der Waals surface area contributed by atoms with Crippen molar-refractivity contribution < 1.29 is 0 Å². The van der Waals surface area contributed by atoms with E-state index in [9.17, 15) is 0 Å². The zero-order chi connectivity index (χ0) is 15.5. The number of halogens is 1. The van der Waals surface area contributed by atoms with Crippen molar-refractivity contribution >= 4 is 28.4 Å². The first-order chi connectivity index (χ1) is 9.93. The average molecular weight is 397 g/mol. The van der Waals surface area contributed by atoms with Crippen LogP contribution in [0.5, 0.6) is 0 Å². The summed E-state index contributed by atoms with van der Waals surface area (Å²) in [6.07, 6.45) is 4.46. The van der Waals surface area contributed by atoms with Crippen molar-refractivity contribution in [3.63, 3.8) is 0 Å². The molecule has 0 aliphatic rings. The molecule has 0 bridgehead atoms. The molecule has 0 unspecified atom stereocenters. The Morgan fingerprint density at radius 1 is 1.10 bits per heavy atom. The summed E-state index contributed by atoms with van der Waals surface area (Å²) in [6, 6.07) is 1.79. The van der Waals surface area contributed by atoms with Gasteiger partial charge < -0.3 is 5.32 Å². The number of rotatable bonds is 4. The smallest absolute Gasteiger partial charge is 0.200 e. The van der Waals surface area contributed by atoms with E-state index in [4.69, 9.17) is 4.98 Å². The zero-order valence-corrected chi connectivity index (χ0v) is 15.0. The van der Waals surface area contributed by atoms with E-state index in [0.717, 1.165) is 28.0 Å². The lowest BCUT2D eigenvalue weighted by molar-refractivity contribution is 0.563. The number of anilines is 1. The molecule has 0 fully saturated rings. The minimum atomic E-state index is -0.0639. The standard InChI is InChI=1S/C15H20IN5/c1-5-7-17-12-10(16)11(15(2,3)4)20-14(21-12)13-18-8-6-9-19-13/h6,8-9H,5,7H2,1-4H3,(H,17,20,21). The van der Waals surface area contributed by atoms with Gasteiger partial charge in [-0.3, -0.25) is 0 Å². The summed E-state index contributed by atoms with van der Waals surface area (Å²) in [5, 5.41) is 3.37. The molecule has 2 aromatic heterocycles. The van der Waals surface area contributed by atoms with Crippen molar-refractivity contribution in [3.8, 4) is 11.6 Å². The largest absolute Gasteiger partial charge is 0.369 e. The molecule has 0 atom stereocenters. The lowest BCUT2D eigenvalue weighted by Gasteiger charge is -2.21. The molecule has 2 heterocycles. The quantitative estimate of drug-likeness (QED) is 0.798. The van der Waals surface area contributed by atoms with E-state index in [1.807, 2.05) is 0 Å². The molecule has 0 aromatic carbocycles. The van der Waals surface area contributed by atoms with Gasteiger partial charge in [-0.1, -0.05) is 27.7 Å². The molecule has 0 spiro atoms. The molecular formula is C15H20IN5. The van der Waals surface area contributed by atoms with E-state index in [-0.39, 0.29) is 5.41 Å². The van der Waals surface area contributed by atoms with Gasteiger partial charge in [-0.05, 0) is 35.1 Å². The molecule has 0 aliphatic carbocycles. The van der Waals surface area contributed by atoms with E-state index < -0.39 is 0 Å². The van der Waals surface area contributed by atoms with Gasteiger partial charge in [0.05, 0.1) is 9.26 Å². The molecule has 2 rings (SSSR count). The van der Waals surface area contributed by atoms with Gasteiger partial charge in [-0.15, -0.1) is 0 Å². The summed E-state index contributed by atoms with van der Waals surface area (Å²) in [5.41, 5.74) is 0.949. The van der Waals surface area contributed by atoms with Gasteiger partial charge in [0.1, 0.15) is 5.82 Å². The Labute approximate surface area is 139 Å². The molecule has 0 saturated heterocycles. The summed E-state index contributed by atoms with van der Waals surface area (Å²) in [6.45, 7) is 9.46. The van der Waals surface area contributed by atoms with Gasteiger partial charge in [0.25, 0.3) is 0 Å². The third kappa shape index (κ3) is 3.87. The van der Waals surface area contributed by atoms with E-state index in [1.165, 1.54) is 0 Å². The molecular weight excluding hydrogens is 377 g/mol. The lowest BCUT2D eigenvalue weighted by atomic mass is 9.92. The summed E-state index contributed by atoms with van der Waals surface area (Å²) in [5.74, 6) is 1.98. The van der Waals surface area contributed by atoms with Crippen LogP contribution in [0.3, 0.4) is 0 Å². The number of hydrogen-bond donors (Lipinski definition) is 1. The fourth-order valence-corrected chi connectivity index (χ4v) is 3.06. The van der Waals surface area contributed by atoms with Crippen LogP contribution in [0.25, 0.3) is 11.6 Å². The first-order valence-corrected chi connectivity index (χ1v) is 8.10. The van der Waals surface area contributed by atoms with E-state index >= 15 is 0 Å². The Bertz CT molecular complexity index is 607. The van der Waals surface area contributed by atoms with Crippen LogP contribution in [0.4, 0.5) is 5.82 Å². The predicted octanol–water partition coefficient (Wildman–Crippen LogP) is 3.66. The van der Waals surface area contributed by atoms with Crippen LogP contribution in [0, 0.1) is 3.57 Å². The molecule has 0 saturated carbocycles. The number of nitrogens with zero attached hydrogens (tertiary/aromatic N) is 4. The average Bonchev–Trinajstić information content (AvgIpc) is 2.46. The minimum Gasteiger partial charge on any atom is -0.369 e. The number of nitrogens with one attached hydrogen (secondary N) is 1. The molecule has 0 aliphatic heterocycles. The van der Waals surface area contributed by atoms with Gasteiger partial charge in [0.2, 0.25) is 0 Å². The maximum Gasteiger partial charge on any atom is 0.200 e. The fraction of sp³-hybridized carbons (Fsp3) is 0.467. The van der Waals surface area contributed by atoms with Crippen LogP contribution in [0.1, 0.15) is 39.8 Å².